The number of amides is 1. The third kappa shape index (κ3) is 2.89. The molecule has 20 heavy (non-hydrogen) atoms. The van der Waals surface area contributed by atoms with E-state index < -0.39 is 0 Å². The van der Waals surface area contributed by atoms with Crippen molar-refractivity contribution in [3.8, 4) is 0 Å². The minimum Gasteiger partial charge on any atom is -0.356 e. The molecule has 0 atom stereocenters. The van der Waals surface area contributed by atoms with Crippen molar-refractivity contribution in [2.45, 2.75) is 77.6 Å². The van der Waals surface area contributed by atoms with Crippen molar-refractivity contribution in [3.05, 3.63) is 0 Å². The molecule has 4 aliphatic rings. The molecule has 1 amide bonds. The van der Waals surface area contributed by atoms with E-state index in [-0.39, 0.29) is 5.41 Å². The molecule has 4 saturated carbocycles. The Labute approximate surface area is 124 Å². The van der Waals surface area contributed by atoms with Crippen LogP contribution in [0.2, 0.25) is 0 Å². The summed E-state index contributed by atoms with van der Waals surface area (Å²) in [6, 6.07) is 0. The summed E-state index contributed by atoms with van der Waals surface area (Å²) in [5, 5.41) is 3.28. The fourth-order valence-corrected chi connectivity index (χ4v) is 5.51. The van der Waals surface area contributed by atoms with Crippen LogP contribution in [0.5, 0.6) is 0 Å². The number of carbonyl (C=O) groups is 1. The van der Waals surface area contributed by atoms with Gasteiger partial charge in [0, 0.05) is 12.0 Å². The van der Waals surface area contributed by atoms with Gasteiger partial charge >= 0.3 is 0 Å². The first kappa shape index (κ1) is 14.4. The van der Waals surface area contributed by atoms with Crippen LogP contribution in [0.4, 0.5) is 0 Å². The molecule has 2 nitrogen and oxygen atoms in total. The van der Waals surface area contributed by atoms with Crippen LogP contribution in [0.3, 0.4) is 0 Å². The average Bonchev–Trinajstić information content (AvgIpc) is 2.41. The summed E-state index contributed by atoms with van der Waals surface area (Å²) < 4.78 is 0. The van der Waals surface area contributed by atoms with Crippen molar-refractivity contribution in [1.82, 2.24) is 5.32 Å². The van der Waals surface area contributed by atoms with Crippen LogP contribution < -0.4 is 5.32 Å². The smallest absolute Gasteiger partial charge is 0.226 e. The topological polar surface area (TPSA) is 29.1 Å². The van der Waals surface area contributed by atoms with E-state index in [4.69, 9.17) is 0 Å². The molecule has 4 fully saturated rings. The lowest BCUT2D eigenvalue weighted by Crippen LogP contribution is -2.53. The number of carbonyl (C=O) groups excluding carboxylic acids is 1. The number of nitrogens with one attached hydrogen (secondary N) is 1. The highest BCUT2D eigenvalue weighted by Gasteiger charge is 2.54. The van der Waals surface area contributed by atoms with Gasteiger partial charge in [-0.05, 0) is 62.7 Å². The number of hydrogen-bond donors (Lipinski definition) is 1. The molecule has 0 heterocycles. The molecule has 114 valence electrons. The van der Waals surface area contributed by atoms with Gasteiger partial charge in [0.1, 0.15) is 0 Å². The van der Waals surface area contributed by atoms with Crippen LogP contribution >= 0.6 is 0 Å². The van der Waals surface area contributed by atoms with Gasteiger partial charge in [-0.1, -0.05) is 32.6 Å². The molecular weight excluding hydrogens is 246 g/mol. The zero-order chi connectivity index (χ0) is 14.0. The maximum Gasteiger partial charge on any atom is 0.226 e. The van der Waals surface area contributed by atoms with Crippen LogP contribution in [0.25, 0.3) is 0 Å². The van der Waals surface area contributed by atoms with Crippen molar-refractivity contribution < 1.29 is 4.79 Å². The highest BCUT2D eigenvalue weighted by molar-refractivity contribution is 5.83. The largest absolute Gasteiger partial charge is 0.356 e. The predicted octanol–water partition coefficient (Wildman–Crippen LogP) is 4.29. The molecule has 0 aromatic heterocycles. The van der Waals surface area contributed by atoms with E-state index >= 15 is 0 Å². The van der Waals surface area contributed by atoms with Gasteiger partial charge < -0.3 is 5.32 Å². The third-order valence-corrected chi connectivity index (χ3v) is 6.09. The van der Waals surface area contributed by atoms with Crippen LogP contribution in [-0.4, -0.2) is 12.5 Å². The van der Waals surface area contributed by atoms with Crippen LogP contribution in [0, 0.1) is 23.2 Å². The second kappa shape index (κ2) is 6.07. The van der Waals surface area contributed by atoms with Gasteiger partial charge in [-0.25, -0.2) is 0 Å². The number of unbranched alkanes of at least 4 members (excludes halogenated alkanes) is 4. The van der Waals surface area contributed by atoms with E-state index in [1.54, 1.807) is 0 Å². The molecule has 1 N–H and O–H groups in total. The summed E-state index contributed by atoms with van der Waals surface area (Å²) in [6.07, 6.45) is 14.2. The lowest BCUT2D eigenvalue weighted by atomic mass is 9.49. The Morgan fingerprint density at radius 2 is 1.50 bits per heavy atom. The van der Waals surface area contributed by atoms with Crippen molar-refractivity contribution in [2.24, 2.45) is 23.2 Å². The number of hydrogen-bond acceptors (Lipinski definition) is 1. The van der Waals surface area contributed by atoms with Gasteiger partial charge in [0.05, 0.1) is 0 Å². The highest BCUT2D eigenvalue weighted by atomic mass is 16.2. The Morgan fingerprint density at radius 1 is 0.950 bits per heavy atom. The SMILES string of the molecule is CCCCCCCNC(=O)C12CC3CC(CC(C3)C1)C2. The van der Waals surface area contributed by atoms with Crippen molar-refractivity contribution in [1.29, 1.82) is 0 Å². The average molecular weight is 277 g/mol. The first-order valence-electron chi connectivity index (χ1n) is 9.00. The quantitative estimate of drug-likeness (QED) is 0.691. The van der Waals surface area contributed by atoms with Gasteiger partial charge in [0.25, 0.3) is 0 Å². The summed E-state index contributed by atoms with van der Waals surface area (Å²) >= 11 is 0. The maximum atomic E-state index is 12.7. The zero-order valence-corrected chi connectivity index (χ0v) is 13.1. The molecule has 4 aliphatic carbocycles. The Morgan fingerprint density at radius 3 is 2.05 bits per heavy atom. The molecule has 0 spiro atoms. The highest BCUT2D eigenvalue weighted by Crippen LogP contribution is 2.60. The molecule has 0 radical (unpaired) electrons. The molecule has 0 aliphatic heterocycles. The van der Waals surface area contributed by atoms with E-state index in [0.717, 1.165) is 30.7 Å². The van der Waals surface area contributed by atoms with Crippen LogP contribution in [0.1, 0.15) is 77.6 Å². The van der Waals surface area contributed by atoms with E-state index in [9.17, 15) is 4.79 Å². The molecule has 4 bridgehead atoms. The standard InChI is InChI=1S/C18H31NO/c1-2-3-4-5-6-7-19-17(20)18-11-14-8-15(12-18)10-16(9-14)13-18/h14-16H,2-13H2,1H3,(H,19,20). The fraction of sp³-hybridized carbons (Fsp3) is 0.944. The van der Waals surface area contributed by atoms with E-state index in [1.807, 2.05) is 0 Å². The van der Waals surface area contributed by atoms with Crippen LogP contribution in [0.15, 0.2) is 0 Å². The monoisotopic (exact) mass is 277 g/mol. The first-order valence-corrected chi connectivity index (χ1v) is 9.00. The van der Waals surface area contributed by atoms with Crippen molar-refractivity contribution >= 4 is 5.91 Å². The lowest BCUT2D eigenvalue weighted by molar-refractivity contribution is -0.146. The molecule has 4 rings (SSSR count). The second-order valence-electron chi connectivity index (χ2n) is 7.87. The van der Waals surface area contributed by atoms with E-state index in [2.05, 4.69) is 12.2 Å². The van der Waals surface area contributed by atoms with Gasteiger partial charge in [-0.3, -0.25) is 4.79 Å². The molecule has 0 saturated heterocycles. The van der Waals surface area contributed by atoms with E-state index in [1.165, 1.54) is 64.2 Å². The zero-order valence-electron chi connectivity index (χ0n) is 13.1. The van der Waals surface area contributed by atoms with Gasteiger partial charge in [-0.2, -0.15) is 0 Å². The molecule has 0 aromatic carbocycles. The Hall–Kier alpha value is -0.530. The normalized spacial score (nSPS) is 38.1. The molecule has 2 heteroatoms. The minimum absolute atomic E-state index is 0.0537. The number of rotatable bonds is 7. The summed E-state index contributed by atoms with van der Waals surface area (Å²) in [6.45, 7) is 3.15. The van der Waals surface area contributed by atoms with Gasteiger partial charge in [-0.15, -0.1) is 0 Å². The van der Waals surface area contributed by atoms with Gasteiger partial charge in [0.2, 0.25) is 5.91 Å². The van der Waals surface area contributed by atoms with Crippen molar-refractivity contribution in [3.63, 3.8) is 0 Å². The summed E-state index contributed by atoms with van der Waals surface area (Å²) in [5.41, 5.74) is 0.0537. The molecule has 0 aromatic rings. The van der Waals surface area contributed by atoms with Crippen molar-refractivity contribution in [2.75, 3.05) is 6.54 Å². The Bertz CT molecular complexity index is 314. The molecular formula is C18H31NO. The summed E-state index contributed by atoms with van der Waals surface area (Å²) in [5.74, 6) is 3.02. The van der Waals surface area contributed by atoms with Crippen LogP contribution in [-0.2, 0) is 4.79 Å². The Balaban J connectivity index is 1.45. The fourth-order valence-electron chi connectivity index (χ4n) is 5.51. The summed E-state index contributed by atoms with van der Waals surface area (Å²) in [4.78, 5) is 12.7. The molecule has 0 unspecified atom stereocenters. The second-order valence-corrected chi connectivity index (χ2v) is 7.87. The van der Waals surface area contributed by atoms with Gasteiger partial charge in [0.15, 0.2) is 0 Å². The maximum absolute atomic E-state index is 12.7. The van der Waals surface area contributed by atoms with E-state index in [0.29, 0.717) is 5.91 Å². The first-order chi connectivity index (χ1) is 9.72. The predicted molar refractivity (Wildman–Crippen MR) is 82.4 cm³/mol. The Kier molecular flexibility index (Phi) is 4.37. The lowest BCUT2D eigenvalue weighted by Gasteiger charge is -2.55. The minimum atomic E-state index is 0.0537. The third-order valence-electron chi connectivity index (χ3n) is 6.09. The summed E-state index contributed by atoms with van der Waals surface area (Å²) in [7, 11) is 0.